The Morgan fingerprint density at radius 2 is 1.85 bits per heavy atom. The number of hydrogen-bond donors (Lipinski definition) is 0. The molecule has 0 saturated carbocycles. The summed E-state index contributed by atoms with van der Waals surface area (Å²) in [4.78, 5) is 13.3. The summed E-state index contributed by atoms with van der Waals surface area (Å²) in [5.41, 5.74) is 0.737. The van der Waals surface area contributed by atoms with Gasteiger partial charge < -0.3 is 14.2 Å². The standard InChI is InChI=1S/C19H18F2O4S/c1-23-15-6-4-5-12(18(15)25-19(20)21)7-9-14(22)13-8-10-17(26-3)16(11-13)24-2/h4-11,19H,1-3H3. The van der Waals surface area contributed by atoms with E-state index in [1.165, 1.54) is 44.2 Å². The molecule has 0 saturated heterocycles. The molecule has 0 heterocycles. The number of allylic oxidation sites excluding steroid dienone is 1. The Morgan fingerprint density at radius 3 is 2.46 bits per heavy atom. The SMILES string of the molecule is COc1cc(C(=O)C=Cc2cccc(OC)c2OC(F)F)ccc1SC. The number of hydrogen-bond acceptors (Lipinski definition) is 5. The summed E-state index contributed by atoms with van der Waals surface area (Å²) in [6.45, 7) is -3.00. The molecule has 0 aromatic heterocycles. The lowest BCUT2D eigenvalue weighted by atomic mass is 10.1. The second kappa shape index (κ2) is 9.24. The summed E-state index contributed by atoms with van der Waals surface area (Å²) in [6, 6.07) is 9.80. The van der Waals surface area contributed by atoms with Crippen LogP contribution >= 0.6 is 11.8 Å². The van der Waals surface area contributed by atoms with Crippen LogP contribution in [0.4, 0.5) is 8.78 Å². The second-order valence-corrected chi connectivity index (χ2v) is 5.87. The van der Waals surface area contributed by atoms with Crippen LogP contribution in [0.25, 0.3) is 6.08 Å². The molecule has 26 heavy (non-hydrogen) atoms. The third-order valence-electron chi connectivity index (χ3n) is 3.52. The fourth-order valence-electron chi connectivity index (χ4n) is 2.29. The average molecular weight is 380 g/mol. The van der Waals surface area contributed by atoms with E-state index in [9.17, 15) is 13.6 Å². The predicted octanol–water partition coefficient (Wildman–Crippen LogP) is 4.92. The molecule has 0 unspecified atom stereocenters. The van der Waals surface area contributed by atoms with Crippen molar-refractivity contribution < 1.29 is 27.8 Å². The normalized spacial score (nSPS) is 11.0. The van der Waals surface area contributed by atoms with Gasteiger partial charge in [0.2, 0.25) is 0 Å². The van der Waals surface area contributed by atoms with Crippen LogP contribution in [0, 0.1) is 0 Å². The topological polar surface area (TPSA) is 44.8 Å². The minimum absolute atomic E-state index is 0.121. The first-order valence-corrected chi connectivity index (χ1v) is 8.78. The van der Waals surface area contributed by atoms with Gasteiger partial charge >= 0.3 is 6.61 Å². The predicted molar refractivity (Wildman–Crippen MR) is 97.8 cm³/mol. The van der Waals surface area contributed by atoms with E-state index in [0.717, 1.165) is 4.90 Å². The first-order chi connectivity index (χ1) is 12.5. The van der Waals surface area contributed by atoms with Gasteiger partial charge in [0.25, 0.3) is 0 Å². The molecule has 4 nitrogen and oxygen atoms in total. The molecule has 7 heteroatoms. The van der Waals surface area contributed by atoms with E-state index >= 15 is 0 Å². The largest absolute Gasteiger partial charge is 0.496 e. The molecule has 138 valence electrons. The molecule has 2 aromatic rings. The second-order valence-electron chi connectivity index (χ2n) is 5.02. The number of methoxy groups -OCH3 is 2. The van der Waals surface area contributed by atoms with Crippen LogP contribution < -0.4 is 14.2 Å². The average Bonchev–Trinajstić information content (AvgIpc) is 2.65. The number of halogens is 2. The number of carbonyl (C=O) groups excluding carboxylic acids is 1. The van der Waals surface area contributed by atoms with E-state index in [4.69, 9.17) is 9.47 Å². The van der Waals surface area contributed by atoms with Crippen molar-refractivity contribution in [3.05, 3.63) is 53.6 Å². The number of alkyl halides is 2. The minimum atomic E-state index is -3.00. The Labute approximate surface area is 154 Å². The maximum absolute atomic E-state index is 12.7. The van der Waals surface area contributed by atoms with E-state index < -0.39 is 6.61 Å². The number of ketones is 1. The number of benzene rings is 2. The number of thioether (sulfide) groups is 1. The van der Waals surface area contributed by atoms with Crippen molar-refractivity contribution in [1.29, 1.82) is 0 Å². The van der Waals surface area contributed by atoms with Gasteiger partial charge in [-0.3, -0.25) is 4.79 Å². The fourth-order valence-corrected chi connectivity index (χ4v) is 2.84. The molecule has 0 N–H and O–H groups in total. The lowest BCUT2D eigenvalue weighted by Crippen LogP contribution is -2.05. The Bertz CT molecular complexity index is 806. The van der Waals surface area contributed by atoms with Crippen molar-refractivity contribution >= 4 is 23.6 Å². The summed E-state index contributed by atoms with van der Waals surface area (Å²) in [5.74, 6) is 0.344. The molecule has 0 aliphatic rings. The van der Waals surface area contributed by atoms with Crippen LogP contribution in [0.1, 0.15) is 15.9 Å². The fraction of sp³-hybridized carbons (Fsp3) is 0.211. The van der Waals surface area contributed by atoms with Crippen LogP contribution in [0.15, 0.2) is 47.4 Å². The van der Waals surface area contributed by atoms with Gasteiger partial charge in [-0.05, 0) is 42.7 Å². The third-order valence-corrected chi connectivity index (χ3v) is 4.30. The molecular formula is C19H18F2O4S. The maximum Gasteiger partial charge on any atom is 0.387 e. The van der Waals surface area contributed by atoms with E-state index in [-0.39, 0.29) is 17.3 Å². The summed E-state index contributed by atoms with van der Waals surface area (Å²) in [6.07, 6.45) is 4.62. The van der Waals surface area contributed by atoms with Gasteiger partial charge in [0.1, 0.15) is 5.75 Å². The Balaban J connectivity index is 2.31. The summed E-state index contributed by atoms with van der Waals surface area (Å²) >= 11 is 1.51. The van der Waals surface area contributed by atoms with Crippen LogP contribution in [-0.4, -0.2) is 32.9 Å². The number of carbonyl (C=O) groups is 1. The van der Waals surface area contributed by atoms with Gasteiger partial charge in [-0.2, -0.15) is 8.78 Å². The highest BCUT2D eigenvalue weighted by Crippen LogP contribution is 2.33. The van der Waals surface area contributed by atoms with Crippen molar-refractivity contribution in [3.63, 3.8) is 0 Å². The molecule has 0 atom stereocenters. The smallest absolute Gasteiger partial charge is 0.387 e. The van der Waals surface area contributed by atoms with Crippen molar-refractivity contribution in [2.75, 3.05) is 20.5 Å². The molecule has 2 rings (SSSR count). The Kier molecular flexibility index (Phi) is 7.03. The molecular weight excluding hydrogens is 362 g/mol. The van der Waals surface area contributed by atoms with Crippen LogP contribution in [0.3, 0.4) is 0 Å². The molecule has 0 aliphatic carbocycles. The Morgan fingerprint density at radius 1 is 1.12 bits per heavy atom. The molecule has 0 fully saturated rings. The quantitative estimate of drug-likeness (QED) is 0.369. The minimum Gasteiger partial charge on any atom is -0.496 e. The zero-order valence-corrected chi connectivity index (χ0v) is 15.3. The number of ether oxygens (including phenoxy) is 3. The van der Waals surface area contributed by atoms with Crippen molar-refractivity contribution in [1.82, 2.24) is 0 Å². The van der Waals surface area contributed by atoms with Crippen molar-refractivity contribution in [2.45, 2.75) is 11.5 Å². The molecule has 0 radical (unpaired) electrons. The first kappa shape index (κ1) is 19.8. The number of rotatable bonds is 8. The van der Waals surface area contributed by atoms with Gasteiger partial charge in [-0.1, -0.05) is 12.1 Å². The zero-order valence-electron chi connectivity index (χ0n) is 14.5. The van der Waals surface area contributed by atoms with Gasteiger partial charge in [-0.15, -0.1) is 11.8 Å². The van der Waals surface area contributed by atoms with Crippen LogP contribution in [-0.2, 0) is 0 Å². The third kappa shape index (κ3) is 4.76. The molecule has 2 aromatic carbocycles. The first-order valence-electron chi connectivity index (χ1n) is 7.56. The lowest BCUT2D eigenvalue weighted by molar-refractivity contribution is -0.0513. The van der Waals surface area contributed by atoms with E-state index in [2.05, 4.69) is 4.74 Å². The monoisotopic (exact) mass is 380 g/mol. The summed E-state index contributed by atoms with van der Waals surface area (Å²) in [7, 11) is 2.88. The van der Waals surface area contributed by atoms with Gasteiger partial charge in [0.15, 0.2) is 17.3 Å². The van der Waals surface area contributed by atoms with Crippen molar-refractivity contribution in [2.24, 2.45) is 0 Å². The lowest BCUT2D eigenvalue weighted by Gasteiger charge is -2.12. The zero-order chi connectivity index (χ0) is 19.1. The van der Waals surface area contributed by atoms with E-state index in [1.807, 2.05) is 6.26 Å². The van der Waals surface area contributed by atoms with Crippen molar-refractivity contribution in [3.8, 4) is 17.2 Å². The van der Waals surface area contributed by atoms with Crippen LogP contribution in [0.2, 0.25) is 0 Å². The molecule has 0 spiro atoms. The summed E-state index contributed by atoms with van der Waals surface area (Å²) < 4.78 is 40.1. The highest BCUT2D eigenvalue weighted by Gasteiger charge is 2.14. The Hall–Kier alpha value is -2.54. The van der Waals surface area contributed by atoms with E-state index in [0.29, 0.717) is 16.9 Å². The highest BCUT2D eigenvalue weighted by atomic mass is 32.2. The molecule has 0 bridgehead atoms. The molecule has 0 amide bonds. The van der Waals surface area contributed by atoms with Crippen LogP contribution in [0.5, 0.6) is 17.2 Å². The van der Waals surface area contributed by atoms with Gasteiger partial charge in [-0.25, -0.2) is 0 Å². The van der Waals surface area contributed by atoms with Gasteiger partial charge in [0.05, 0.1) is 14.2 Å². The highest BCUT2D eigenvalue weighted by molar-refractivity contribution is 7.98. The number of para-hydroxylation sites is 1. The van der Waals surface area contributed by atoms with Gasteiger partial charge in [0, 0.05) is 16.0 Å². The summed E-state index contributed by atoms with van der Waals surface area (Å²) in [5, 5.41) is 0. The van der Waals surface area contributed by atoms with E-state index in [1.54, 1.807) is 30.3 Å². The molecule has 0 aliphatic heterocycles. The maximum atomic E-state index is 12.7.